The van der Waals surface area contributed by atoms with E-state index in [-0.39, 0.29) is 6.10 Å². The van der Waals surface area contributed by atoms with Crippen LogP contribution in [0.3, 0.4) is 0 Å². The van der Waals surface area contributed by atoms with E-state index in [4.69, 9.17) is 0 Å². The van der Waals surface area contributed by atoms with Crippen molar-refractivity contribution in [2.24, 2.45) is 0 Å². The first-order valence-corrected chi connectivity index (χ1v) is 6.34. The van der Waals surface area contributed by atoms with E-state index >= 15 is 0 Å². The highest BCUT2D eigenvalue weighted by Crippen LogP contribution is 2.29. The lowest BCUT2D eigenvalue weighted by molar-refractivity contribution is 0.154. The molecule has 0 spiro atoms. The summed E-state index contributed by atoms with van der Waals surface area (Å²) < 4.78 is 1.12. The van der Waals surface area contributed by atoms with Crippen molar-refractivity contribution in [1.29, 1.82) is 0 Å². The fourth-order valence-electron chi connectivity index (χ4n) is 2.15. The lowest BCUT2D eigenvalue weighted by atomic mass is 10.1. The Morgan fingerprint density at radius 1 is 1.44 bits per heavy atom. The van der Waals surface area contributed by atoms with Crippen LogP contribution in [0.1, 0.15) is 12.8 Å². The number of β-amino-alcohol motifs (C(OH)–C–C–N with tert-alkyl or cyclic N) is 1. The zero-order valence-electron chi connectivity index (χ0n) is 8.83. The molecule has 3 rings (SSSR count). The van der Waals surface area contributed by atoms with Crippen molar-refractivity contribution >= 4 is 27.4 Å². The van der Waals surface area contributed by atoms with Crippen molar-refractivity contribution in [3.63, 3.8) is 0 Å². The van der Waals surface area contributed by atoms with Crippen LogP contribution in [0.2, 0.25) is 0 Å². The van der Waals surface area contributed by atoms with Gasteiger partial charge in [-0.2, -0.15) is 0 Å². The maximum Gasteiger partial charge on any atom is 0.150 e. The molecule has 0 amide bonds. The van der Waals surface area contributed by atoms with Gasteiger partial charge >= 0.3 is 0 Å². The molecule has 0 bridgehead atoms. The SMILES string of the molecule is OC1CCCN(c2ncnc3ccsc23)C1. The highest BCUT2D eigenvalue weighted by molar-refractivity contribution is 7.17. The van der Waals surface area contributed by atoms with Gasteiger partial charge in [0.05, 0.1) is 16.3 Å². The standard InChI is InChI=1S/C11H13N3OS/c15-8-2-1-4-14(6-8)11-10-9(3-5-16-10)12-7-13-11/h3,5,7-8,15H,1-2,4,6H2. The molecule has 5 heteroatoms. The first kappa shape index (κ1) is 9.99. The Kier molecular flexibility index (Phi) is 2.49. The van der Waals surface area contributed by atoms with Crippen LogP contribution < -0.4 is 4.90 Å². The van der Waals surface area contributed by atoms with E-state index in [0.29, 0.717) is 6.54 Å². The molecule has 4 nitrogen and oxygen atoms in total. The monoisotopic (exact) mass is 235 g/mol. The van der Waals surface area contributed by atoms with Gasteiger partial charge in [-0.15, -0.1) is 11.3 Å². The highest BCUT2D eigenvalue weighted by atomic mass is 32.1. The molecule has 3 heterocycles. The Hall–Kier alpha value is -1.20. The molecule has 2 aromatic heterocycles. The summed E-state index contributed by atoms with van der Waals surface area (Å²) in [6, 6.07) is 2.01. The molecule has 1 fully saturated rings. The number of piperidine rings is 1. The average Bonchev–Trinajstić information content (AvgIpc) is 2.76. The second-order valence-electron chi connectivity index (χ2n) is 4.07. The molecule has 1 aliphatic heterocycles. The van der Waals surface area contributed by atoms with Crippen molar-refractivity contribution < 1.29 is 5.11 Å². The first-order valence-electron chi connectivity index (χ1n) is 5.46. The largest absolute Gasteiger partial charge is 0.391 e. The van der Waals surface area contributed by atoms with Gasteiger partial charge in [0, 0.05) is 13.1 Å². The van der Waals surface area contributed by atoms with Crippen LogP contribution in [0.25, 0.3) is 10.2 Å². The maximum atomic E-state index is 9.68. The van der Waals surface area contributed by atoms with E-state index in [2.05, 4.69) is 14.9 Å². The molecule has 0 saturated carbocycles. The molecule has 1 atom stereocenters. The molecule has 0 aliphatic carbocycles. The fourth-order valence-corrected chi connectivity index (χ4v) is 3.01. The molecular weight excluding hydrogens is 222 g/mol. The molecule has 1 N–H and O–H groups in total. The van der Waals surface area contributed by atoms with Gasteiger partial charge in [-0.25, -0.2) is 9.97 Å². The lowest BCUT2D eigenvalue weighted by Crippen LogP contribution is -2.38. The van der Waals surface area contributed by atoms with E-state index in [9.17, 15) is 5.11 Å². The molecule has 0 aromatic carbocycles. The van der Waals surface area contributed by atoms with Crippen molar-refractivity contribution in [1.82, 2.24) is 9.97 Å². The van der Waals surface area contributed by atoms with Crippen LogP contribution in [0.5, 0.6) is 0 Å². The minimum atomic E-state index is -0.223. The number of aromatic nitrogens is 2. The molecule has 1 aliphatic rings. The summed E-state index contributed by atoms with van der Waals surface area (Å²) in [5, 5.41) is 11.7. The third-order valence-electron chi connectivity index (χ3n) is 2.92. The highest BCUT2D eigenvalue weighted by Gasteiger charge is 2.20. The third-order valence-corrected chi connectivity index (χ3v) is 3.82. The van der Waals surface area contributed by atoms with Crippen LogP contribution in [-0.2, 0) is 0 Å². The zero-order chi connectivity index (χ0) is 11.0. The summed E-state index contributed by atoms with van der Waals surface area (Å²) in [4.78, 5) is 10.7. The molecule has 1 saturated heterocycles. The fraction of sp³-hybridized carbons (Fsp3) is 0.455. The Labute approximate surface area is 97.6 Å². The number of hydrogen-bond donors (Lipinski definition) is 1. The number of hydrogen-bond acceptors (Lipinski definition) is 5. The van der Waals surface area contributed by atoms with Crippen LogP contribution in [0.15, 0.2) is 17.8 Å². The molecule has 2 aromatic rings. The number of thiophene rings is 1. The molecule has 16 heavy (non-hydrogen) atoms. The van der Waals surface area contributed by atoms with Crippen molar-refractivity contribution in [2.75, 3.05) is 18.0 Å². The average molecular weight is 235 g/mol. The maximum absolute atomic E-state index is 9.68. The van der Waals surface area contributed by atoms with Crippen molar-refractivity contribution in [3.05, 3.63) is 17.8 Å². The van der Waals surface area contributed by atoms with Gasteiger partial charge < -0.3 is 10.0 Å². The van der Waals surface area contributed by atoms with Gasteiger partial charge in [0.2, 0.25) is 0 Å². The normalized spacial score (nSPS) is 21.6. The summed E-state index contributed by atoms with van der Waals surface area (Å²) >= 11 is 1.66. The van der Waals surface area contributed by atoms with Crippen LogP contribution in [-0.4, -0.2) is 34.3 Å². The van der Waals surface area contributed by atoms with Gasteiger partial charge in [0.15, 0.2) is 0 Å². The van der Waals surface area contributed by atoms with E-state index < -0.39 is 0 Å². The van der Waals surface area contributed by atoms with Gasteiger partial charge in [-0.05, 0) is 24.3 Å². The van der Waals surface area contributed by atoms with E-state index in [0.717, 1.165) is 35.4 Å². The molecule has 1 unspecified atom stereocenters. The second-order valence-corrected chi connectivity index (χ2v) is 4.99. The summed E-state index contributed by atoms with van der Waals surface area (Å²) in [6.07, 6.45) is 3.30. The topological polar surface area (TPSA) is 49.2 Å². The Morgan fingerprint density at radius 2 is 2.38 bits per heavy atom. The second kappa shape index (κ2) is 3.99. The van der Waals surface area contributed by atoms with Crippen molar-refractivity contribution in [2.45, 2.75) is 18.9 Å². The summed E-state index contributed by atoms with van der Waals surface area (Å²) in [6.45, 7) is 1.66. The van der Waals surface area contributed by atoms with E-state index in [1.165, 1.54) is 0 Å². The predicted octanol–water partition coefficient (Wildman–Crippen LogP) is 1.65. The van der Waals surface area contributed by atoms with Gasteiger partial charge in [-0.1, -0.05) is 0 Å². The molecule has 0 radical (unpaired) electrons. The number of rotatable bonds is 1. The number of aliphatic hydroxyl groups is 1. The lowest BCUT2D eigenvalue weighted by Gasteiger charge is -2.31. The van der Waals surface area contributed by atoms with Crippen molar-refractivity contribution in [3.8, 4) is 0 Å². The summed E-state index contributed by atoms with van der Waals surface area (Å²) in [5.74, 6) is 0.971. The summed E-state index contributed by atoms with van der Waals surface area (Å²) in [7, 11) is 0. The van der Waals surface area contributed by atoms with Crippen LogP contribution in [0.4, 0.5) is 5.82 Å². The Morgan fingerprint density at radius 3 is 3.25 bits per heavy atom. The summed E-state index contributed by atoms with van der Waals surface area (Å²) in [5.41, 5.74) is 0.995. The number of anilines is 1. The molecular formula is C11H13N3OS. The van der Waals surface area contributed by atoms with Crippen LogP contribution >= 0.6 is 11.3 Å². The quantitative estimate of drug-likeness (QED) is 0.816. The van der Waals surface area contributed by atoms with Gasteiger partial charge in [0.25, 0.3) is 0 Å². The van der Waals surface area contributed by atoms with Gasteiger partial charge in [-0.3, -0.25) is 0 Å². The number of nitrogens with zero attached hydrogens (tertiary/aromatic N) is 3. The number of aliphatic hydroxyl groups excluding tert-OH is 1. The van der Waals surface area contributed by atoms with E-state index in [1.54, 1.807) is 17.7 Å². The first-order chi connectivity index (χ1) is 7.84. The molecule has 84 valence electrons. The Balaban J connectivity index is 2.01. The minimum absolute atomic E-state index is 0.223. The predicted molar refractivity (Wildman–Crippen MR) is 64.9 cm³/mol. The third kappa shape index (κ3) is 1.66. The van der Waals surface area contributed by atoms with E-state index in [1.807, 2.05) is 11.4 Å². The minimum Gasteiger partial charge on any atom is -0.391 e. The Bertz CT molecular complexity index is 499. The van der Waals surface area contributed by atoms with Crippen LogP contribution in [0, 0.1) is 0 Å². The zero-order valence-corrected chi connectivity index (χ0v) is 9.65. The smallest absolute Gasteiger partial charge is 0.150 e. The van der Waals surface area contributed by atoms with Gasteiger partial charge in [0.1, 0.15) is 12.1 Å². The number of fused-ring (bicyclic) bond motifs is 1.